The van der Waals surface area contributed by atoms with Crippen molar-refractivity contribution in [3.63, 3.8) is 0 Å². The normalized spacial score (nSPS) is 17.5. The van der Waals surface area contributed by atoms with E-state index in [0.29, 0.717) is 32.5 Å². The van der Waals surface area contributed by atoms with Crippen LogP contribution in [0.2, 0.25) is 0 Å². The Balaban J connectivity index is 1.85. The fraction of sp³-hybridized carbons (Fsp3) is 0.579. The molecule has 0 saturated carbocycles. The van der Waals surface area contributed by atoms with Gasteiger partial charge in [-0.25, -0.2) is 0 Å². The first-order valence-corrected chi connectivity index (χ1v) is 8.66. The van der Waals surface area contributed by atoms with E-state index < -0.39 is 11.4 Å². The van der Waals surface area contributed by atoms with Gasteiger partial charge in [0, 0.05) is 26.2 Å². The Labute approximate surface area is 148 Å². The Morgan fingerprint density at radius 3 is 2.64 bits per heavy atom. The quantitative estimate of drug-likeness (QED) is 0.752. The molecule has 0 radical (unpaired) electrons. The Bertz CT molecular complexity index is 595. The molecule has 0 aromatic heterocycles. The number of amides is 1. The number of carboxylic acid groups (broad SMARTS) is 1. The van der Waals surface area contributed by atoms with E-state index in [-0.39, 0.29) is 18.4 Å². The Kier molecular flexibility index (Phi) is 6.82. The van der Waals surface area contributed by atoms with Crippen molar-refractivity contribution < 1.29 is 24.2 Å². The summed E-state index contributed by atoms with van der Waals surface area (Å²) in [6.45, 7) is 3.01. The molecule has 0 spiro atoms. The number of carbonyl (C=O) groups is 2. The molecule has 6 nitrogen and oxygen atoms in total. The maximum atomic E-state index is 12.2. The SMILES string of the molecule is COc1ccccc1CC(C)CC(=O)NCC1(C(=O)O)CCOCC1. The van der Waals surface area contributed by atoms with Gasteiger partial charge in [-0.2, -0.15) is 0 Å². The van der Waals surface area contributed by atoms with Gasteiger partial charge in [0.05, 0.1) is 12.5 Å². The predicted octanol–water partition coefficient (Wildman–Crippen LogP) is 2.26. The van der Waals surface area contributed by atoms with E-state index in [4.69, 9.17) is 9.47 Å². The fourth-order valence-corrected chi connectivity index (χ4v) is 3.20. The number of aliphatic carboxylic acids is 1. The maximum Gasteiger partial charge on any atom is 0.311 e. The fourth-order valence-electron chi connectivity index (χ4n) is 3.20. The summed E-state index contributed by atoms with van der Waals surface area (Å²) in [6.07, 6.45) is 1.94. The van der Waals surface area contributed by atoms with Gasteiger partial charge in [0.25, 0.3) is 0 Å². The molecule has 2 rings (SSSR count). The van der Waals surface area contributed by atoms with Gasteiger partial charge < -0.3 is 19.9 Å². The zero-order valence-corrected chi connectivity index (χ0v) is 14.9. The van der Waals surface area contributed by atoms with Crippen molar-refractivity contribution in [2.24, 2.45) is 11.3 Å². The highest BCUT2D eigenvalue weighted by Gasteiger charge is 2.40. The lowest BCUT2D eigenvalue weighted by atomic mass is 9.80. The van der Waals surface area contributed by atoms with Crippen molar-refractivity contribution in [1.29, 1.82) is 0 Å². The minimum Gasteiger partial charge on any atom is -0.496 e. The van der Waals surface area contributed by atoms with Gasteiger partial charge in [0.1, 0.15) is 5.75 Å². The molecule has 0 aliphatic carbocycles. The lowest BCUT2D eigenvalue weighted by Gasteiger charge is -2.33. The van der Waals surface area contributed by atoms with Crippen molar-refractivity contribution in [2.45, 2.75) is 32.6 Å². The summed E-state index contributed by atoms with van der Waals surface area (Å²) in [6, 6.07) is 7.77. The van der Waals surface area contributed by atoms with Gasteiger partial charge >= 0.3 is 5.97 Å². The van der Waals surface area contributed by atoms with Crippen LogP contribution < -0.4 is 10.1 Å². The highest BCUT2D eigenvalue weighted by atomic mass is 16.5. The molecule has 1 aliphatic heterocycles. The van der Waals surface area contributed by atoms with E-state index >= 15 is 0 Å². The van der Waals surface area contributed by atoms with E-state index in [1.165, 1.54) is 0 Å². The minimum absolute atomic E-state index is 0.116. The van der Waals surface area contributed by atoms with Gasteiger partial charge in [0.15, 0.2) is 0 Å². The first kappa shape index (κ1) is 19.2. The minimum atomic E-state index is -0.903. The van der Waals surface area contributed by atoms with Gasteiger partial charge in [-0.1, -0.05) is 25.1 Å². The second kappa shape index (κ2) is 8.85. The van der Waals surface area contributed by atoms with Crippen LogP contribution in [0.3, 0.4) is 0 Å². The van der Waals surface area contributed by atoms with Gasteiger partial charge in [-0.15, -0.1) is 0 Å². The zero-order chi connectivity index (χ0) is 18.3. The molecule has 1 unspecified atom stereocenters. The average molecular weight is 349 g/mol. The van der Waals surface area contributed by atoms with Gasteiger partial charge in [-0.3, -0.25) is 9.59 Å². The third-order valence-corrected chi connectivity index (χ3v) is 4.82. The largest absolute Gasteiger partial charge is 0.496 e. The number of benzene rings is 1. The molecule has 1 saturated heterocycles. The van der Waals surface area contributed by atoms with Crippen LogP contribution in [0.1, 0.15) is 31.7 Å². The van der Waals surface area contributed by atoms with Crippen LogP contribution in [0.15, 0.2) is 24.3 Å². The molecule has 2 N–H and O–H groups in total. The van der Waals surface area contributed by atoms with E-state index in [1.54, 1.807) is 7.11 Å². The monoisotopic (exact) mass is 349 g/mol. The second-order valence-corrected chi connectivity index (χ2v) is 6.80. The van der Waals surface area contributed by atoms with Gasteiger partial charge in [-0.05, 0) is 36.8 Å². The van der Waals surface area contributed by atoms with Crippen LogP contribution >= 0.6 is 0 Å². The number of carboxylic acids is 1. The third-order valence-electron chi connectivity index (χ3n) is 4.82. The summed E-state index contributed by atoms with van der Waals surface area (Å²) in [7, 11) is 1.63. The summed E-state index contributed by atoms with van der Waals surface area (Å²) in [5.74, 6) is -0.0266. The standard InChI is InChI=1S/C19H27NO5/c1-14(11-15-5-3-4-6-16(15)24-2)12-17(21)20-13-19(18(22)23)7-9-25-10-8-19/h3-6,14H,7-13H2,1-2H3,(H,20,21)(H,22,23). The average Bonchev–Trinajstić information content (AvgIpc) is 2.61. The number of carbonyl (C=O) groups excluding carboxylic acids is 1. The first-order valence-electron chi connectivity index (χ1n) is 8.66. The molecule has 25 heavy (non-hydrogen) atoms. The lowest BCUT2D eigenvalue weighted by molar-refractivity contribution is -0.154. The maximum absolute atomic E-state index is 12.2. The van der Waals surface area contributed by atoms with Crippen molar-refractivity contribution in [3.8, 4) is 5.75 Å². The predicted molar refractivity (Wildman–Crippen MR) is 93.6 cm³/mol. The Morgan fingerprint density at radius 1 is 1.32 bits per heavy atom. The second-order valence-electron chi connectivity index (χ2n) is 6.80. The summed E-state index contributed by atoms with van der Waals surface area (Å²) in [4.78, 5) is 23.8. The van der Waals surface area contributed by atoms with E-state index in [0.717, 1.165) is 17.7 Å². The molecular weight excluding hydrogens is 322 g/mol. The molecule has 1 aromatic carbocycles. The zero-order valence-electron chi connectivity index (χ0n) is 14.9. The van der Waals surface area contributed by atoms with Crippen LogP contribution in [-0.2, 0) is 20.7 Å². The van der Waals surface area contributed by atoms with Crippen LogP contribution in [0.4, 0.5) is 0 Å². The van der Waals surface area contributed by atoms with Gasteiger partial charge in [0.2, 0.25) is 5.91 Å². The lowest BCUT2D eigenvalue weighted by Crippen LogP contribution is -2.46. The number of methoxy groups -OCH3 is 1. The number of hydrogen-bond donors (Lipinski definition) is 2. The Morgan fingerprint density at radius 2 is 2.00 bits per heavy atom. The van der Waals surface area contributed by atoms with Crippen LogP contribution in [0.25, 0.3) is 0 Å². The molecule has 1 aromatic rings. The summed E-state index contributed by atoms with van der Waals surface area (Å²) in [5, 5.41) is 12.3. The summed E-state index contributed by atoms with van der Waals surface area (Å²) < 4.78 is 10.6. The molecule has 1 atom stereocenters. The number of nitrogens with one attached hydrogen (secondary N) is 1. The number of ether oxygens (including phenoxy) is 2. The van der Waals surface area contributed by atoms with E-state index in [1.807, 2.05) is 31.2 Å². The Hall–Kier alpha value is -2.08. The molecule has 1 amide bonds. The molecule has 1 fully saturated rings. The summed E-state index contributed by atoms with van der Waals surface area (Å²) >= 11 is 0. The smallest absolute Gasteiger partial charge is 0.311 e. The summed E-state index contributed by atoms with van der Waals surface area (Å²) in [5.41, 5.74) is 0.163. The molecule has 6 heteroatoms. The van der Waals surface area contributed by atoms with E-state index in [9.17, 15) is 14.7 Å². The van der Waals surface area contributed by atoms with Crippen LogP contribution in [-0.4, -0.2) is 43.9 Å². The van der Waals surface area contributed by atoms with Crippen molar-refractivity contribution in [3.05, 3.63) is 29.8 Å². The molecule has 1 aliphatic rings. The van der Waals surface area contributed by atoms with E-state index in [2.05, 4.69) is 5.32 Å². The first-order chi connectivity index (χ1) is 12.0. The van der Waals surface area contributed by atoms with Crippen LogP contribution in [0, 0.1) is 11.3 Å². The van der Waals surface area contributed by atoms with Crippen molar-refractivity contribution in [2.75, 3.05) is 26.9 Å². The number of para-hydroxylation sites is 1. The molecule has 1 heterocycles. The highest BCUT2D eigenvalue weighted by molar-refractivity contribution is 5.79. The molecule has 138 valence electrons. The third kappa shape index (κ3) is 5.19. The number of rotatable bonds is 8. The highest BCUT2D eigenvalue weighted by Crippen LogP contribution is 2.30. The van der Waals surface area contributed by atoms with Crippen LogP contribution in [0.5, 0.6) is 5.75 Å². The number of hydrogen-bond acceptors (Lipinski definition) is 4. The van der Waals surface area contributed by atoms with Crippen molar-refractivity contribution in [1.82, 2.24) is 5.32 Å². The molecule has 0 bridgehead atoms. The topological polar surface area (TPSA) is 84.9 Å². The van der Waals surface area contributed by atoms with Crippen molar-refractivity contribution >= 4 is 11.9 Å². The molecular formula is C19H27NO5.